The standard InChI is InChI=1S/C14H15N3O5S/c18-10(16-14(13(20)21)3-5-22-7-14)1-4-17-8-15-11-9(12(17)19)2-6-23-11/h2,6,8H,1,3-5,7H2,(H,16,18)(H,20,21). The third-order valence-electron chi connectivity index (χ3n) is 3.84. The van der Waals surface area contributed by atoms with Crippen LogP contribution in [0.3, 0.4) is 0 Å². The Morgan fingerprint density at radius 1 is 1.52 bits per heavy atom. The van der Waals surface area contributed by atoms with Gasteiger partial charge in [-0.05, 0) is 11.4 Å². The number of carbonyl (C=O) groups is 2. The number of hydrogen-bond acceptors (Lipinski definition) is 6. The lowest BCUT2D eigenvalue weighted by atomic mass is 9.99. The number of amides is 1. The molecule has 3 rings (SSSR count). The average molecular weight is 337 g/mol. The lowest BCUT2D eigenvalue weighted by Crippen LogP contribution is -2.55. The highest BCUT2D eigenvalue weighted by Crippen LogP contribution is 2.19. The molecule has 1 aliphatic rings. The zero-order valence-corrected chi connectivity index (χ0v) is 13.0. The van der Waals surface area contributed by atoms with E-state index in [0.717, 1.165) is 0 Å². The van der Waals surface area contributed by atoms with Crippen molar-refractivity contribution in [2.24, 2.45) is 0 Å². The zero-order chi connectivity index (χ0) is 16.4. The Morgan fingerprint density at radius 3 is 3.04 bits per heavy atom. The minimum Gasteiger partial charge on any atom is -0.479 e. The molecule has 1 unspecified atom stereocenters. The van der Waals surface area contributed by atoms with Gasteiger partial charge >= 0.3 is 5.97 Å². The molecule has 0 bridgehead atoms. The lowest BCUT2D eigenvalue weighted by Gasteiger charge is -2.23. The molecule has 0 aromatic carbocycles. The van der Waals surface area contributed by atoms with Gasteiger partial charge in [0.2, 0.25) is 5.91 Å². The minimum atomic E-state index is -1.36. The van der Waals surface area contributed by atoms with Crippen molar-refractivity contribution >= 4 is 33.4 Å². The maximum absolute atomic E-state index is 12.2. The molecule has 1 saturated heterocycles. The molecule has 2 aromatic rings. The second-order valence-corrected chi connectivity index (χ2v) is 6.27. The van der Waals surface area contributed by atoms with E-state index in [1.165, 1.54) is 22.2 Å². The van der Waals surface area contributed by atoms with E-state index in [2.05, 4.69) is 10.3 Å². The van der Waals surface area contributed by atoms with E-state index in [1.54, 1.807) is 11.4 Å². The van der Waals surface area contributed by atoms with E-state index >= 15 is 0 Å². The van der Waals surface area contributed by atoms with Crippen LogP contribution in [0.1, 0.15) is 12.8 Å². The van der Waals surface area contributed by atoms with Crippen molar-refractivity contribution in [1.82, 2.24) is 14.9 Å². The molecule has 0 aliphatic carbocycles. The number of carboxylic acid groups (broad SMARTS) is 1. The number of aliphatic carboxylic acids is 1. The highest BCUT2D eigenvalue weighted by molar-refractivity contribution is 7.16. The molecule has 3 heterocycles. The molecular formula is C14H15N3O5S. The number of nitrogens with zero attached hydrogens (tertiary/aromatic N) is 2. The van der Waals surface area contributed by atoms with Crippen LogP contribution in [0.2, 0.25) is 0 Å². The van der Waals surface area contributed by atoms with Crippen molar-refractivity contribution in [3.63, 3.8) is 0 Å². The predicted molar refractivity (Wildman–Crippen MR) is 82.4 cm³/mol. The minimum absolute atomic E-state index is 0.00768. The van der Waals surface area contributed by atoms with Crippen LogP contribution in [0.4, 0.5) is 0 Å². The van der Waals surface area contributed by atoms with E-state index in [4.69, 9.17) is 4.74 Å². The molecule has 122 valence electrons. The quantitative estimate of drug-likeness (QED) is 0.807. The van der Waals surface area contributed by atoms with Crippen LogP contribution in [-0.2, 0) is 20.9 Å². The Bertz CT molecular complexity index is 806. The van der Waals surface area contributed by atoms with E-state index < -0.39 is 17.4 Å². The summed E-state index contributed by atoms with van der Waals surface area (Å²) in [5.41, 5.74) is -1.57. The first kappa shape index (κ1) is 15.6. The Labute approximate surface area is 134 Å². The number of nitrogens with one attached hydrogen (secondary N) is 1. The SMILES string of the molecule is O=C(CCn1cnc2sccc2c1=O)NC1(C(=O)O)CCOC1. The van der Waals surface area contributed by atoms with Gasteiger partial charge in [-0.3, -0.25) is 14.2 Å². The van der Waals surface area contributed by atoms with Crippen molar-refractivity contribution in [3.05, 3.63) is 28.1 Å². The first-order valence-corrected chi connectivity index (χ1v) is 7.95. The number of thiophene rings is 1. The van der Waals surface area contributed by atoms with E-state index in [-0.39, 0.29) is 31.6 Å². The summed E-state index contributed by atoms with van der Waals surface area (Å²) in [6.45, 7) is 0.390. The number of hydrogen-bond donors (Lipinski definition) is 2. The topological polar surface area (TPSA) is 111 Å². The first-order valence-electron chi connectivity index (χ1n) is 7.07. The summed E-state index contributed by atoms with van der Waals surface area (Å²) >= 11 is 1.38. The van der Waals surface area contributed by atoms with Gasteiger partial charge in [-0.2, -0.15) is 0 Å². The lowest BCUT2D eigenvalue weighted by molar-refractivity contribution is -0.147. The van der Waals surface area contributed by atoms with Gasteiger partial charge in [0.15, 0.2) is 5.54 Å². The van der Waals surface area contributed by atoms with Gasteiger partial charge in [-0.1, -0.05) is 0 Å². The fraction of sp³-hybridized carbons (Fsp3) is 0.429. The summed E-state index contributed by atoms with van der Waals surface area (Å²) < 4.78 is 6.44. The third-order valence-corrected chi connectivity index (χ3v) is 4.66. The molecule has 2 N–H and O–H groups in total. The molecule has 0 spiro atoms. The summed E-state index contributed by atoms with van der Waals surface area (Å²) in [6, 6.07) is 1.70. The molecule has 0 radical (unpaired) electrons. The van der Waals surface area contributed by atoms with Gasteiger partial charge in [0.1, 0.15) is 4.83 Å². The van der Waals surface area contributed by atoms with Crippen LogP contribution < -0.4 is 10.9 Å². The van der Waals surface area contributed by atoms with Gasteiger partial charge in [-0.25, -0.2) is 9.78 Å². The third kappa shape index (κ3) is 2.97. The molecule has 1 fully saturated rings. The van der Waals surface area contributed by atoms with Crippen molar-refractivity contribution in [2.75, 3.05) is 13.2 Å². The van der Waals surface area contributed by atoms with Crippen molar-refractivity contribution < 1.29 is 19.4 Å². The number of carbonyl (C=O) groups excluding carboxylic acids is 1. The predicted octanol–water partition coefficient (Wildman–Crippen LogP) is 0.208. The second kappa shape index (κ2) is 6.09. The Hall–Kier alpha value is -2.26. The number of carboxylic acids is 1. The van der Waals surface area contributed by atoms with Gasteiger partial charge in [-0.15, -0.1) is 11.3 Å². The van der Waals surface area contributed by atoms with Crippen LogP contribution in [0, 0.1) is 0 Å². The summed E-state index contributed by atoms with van der Waals surface area (Å²) in [7, 11) is 0. The fourth-order valence-electron chi connectivity index (χ4n) is 2.49. The Kier molecular flexibility index (Phi) is 4.14. The van der Waals surface area contributed by atoms with Gasteiger partial charge in [0.05, 0.1) is 18.3 Å². The molecule has 1 amide bonds. The molecule has 0 saturated carbocycles. The van der Waals surface area contributed by atoms with E-state index in [0.29, 0.717) is 16.8 Å². The molecule has 1 aliphatic heterocycles. The average Bonchev–Trinajstić information content (AvgIpc) is 3.16. The molecule has 23 heavy (non-hydrogen) atoms. The molecule has 2 aromatic heterocycles. The number of aromatic nitrogens is 2. The monoisotopic (exact) mass is 337 g/mol. The van der Waals surface area contributed by atoms with E-state index in [9.17, 15) is 19.5 Å². The van der Waals surface area contributed by atoms with Gasteiger partial charge in [0.25, 0.3) is 5.56 Å². The summed E-state index contributed by atoms with van der Waals surface area (Å²) in [5, 5.41) is 14.1. The number of fused-ring (bicyclic) bond motifs is 1. The second-order valence-electron chi connectivity index (χ2n) is 5.37. The zero-order valence-electron chi connectivity index (χ0n) is 12.2. The number of ether oxygens (including phenoxy) is 1. The number of rotatable bonds is 5. The molecule has 1 atom stereocenters. The molecule has 9 heteroatoms. The summed E-state index contributed by atoms with van der Waals surface area (Å²) in [4.78, 5) is 40.4. The Morgan fingerprint density at radius 2 is 2.35 bits per heavy atom. The molecular weight excluding hydrogens is 322 g/mol. The molecule has 8 nitrogen and oxygen atoms in total. The van der Waals surface area contributed by atoms with Crippen molar-refractivity contribution in [1.29, 1.82) is 0 Å². The van der Waals surface area contributed by atoms with E-state index in [1.807, 2.05) is 0 Å². The highest BCUT2D eigenvalue weighted by Gasteiger charge is 2.43. The smallest absolute Gasteiger partial charge is 0.331 e. The maximum Gasteiger partial charge on any atom is 0.331 e. The van der Waals surface area contributed by atoms with Gasteiger partial charge < -0.3 is 15.2 Å². The summed E-state index contributed by atoms with van der Waals surface area (Å²) in [5.74, 6) is -1.54. The first-order chi connectivity index (χ1) is 11.0. The van der Waals surface area contributed by atoms with Gasteiger partial charge in [0, 0.05) is 26.0 Å². The maximum atomic E-state index is 12.2. The van der Waals surface area contributed by atoms with Crippen LogP contribution in [0.5, 0.6) is 0 Å². The fourth-order valence-corrected chi connectivity index (χ4v) is 3.21. The van der Waals surface area contributed by atoms with Crippen LogP contribution in [0.15, 0.2) is 22.6 Å². The Balaban J connectivity index is 1.67. The summed E-state index contributed by atoms with van der Waals surface area (Å²) in [6.07, 6.45) is 1.63. The van der Waals surface area contributed by atoms with Crippen molar-refractivity contribution in [3.8, 4) is 0 Å². The highest BCUT2D eigenvalue weighted by atomic mass is 32.1. The van der Waals surface area contributed by atoms with Crippen molar-refractivity contribution in [2.45, 2.75) is 24.9 Å². The van der Waals surface area contributed by atoms with Crippen LogP contribution in [-0.4, -0.2) is 45.3 Å². The largest absolute Gasteiger partial charge is 0.479 e. The van der Waals surface area contributed by atoms with Crippen LogP contribution >= 0.6 is 11.3 Å². The van der Waals surface area contributed by atoms with Crippen LogP contribution in [0.25, 0.3) is 10.2 Å². The number of aryl methyl sites for hydroxylation is 1. The normalized spacial score (nSPS) is 20.7.